The van der Waals surface area contributed by atoms with Crippen molar-refractivity contribution in [3.05, 3.63) is 34.6 Å². The van der Waals surface area contributed by atoms with Crippen molar-refractivity contribution in [1.82, 2.24) is 5.32 Å². The summed E-state index contributed by atoms with van der Waals surface area (Å²) in [5, 5.41) is 3.73. The Morgan fingerprint density at radius 1 is 1.40 bits per heavy atom. The molecule has 1 aromatic rings. The van der Waals surface area contributed by atoms with Gasteiger partial charge in [-0.05, 0) is 49.2 Å². The van der Waals surface area contributed by atoms with Gasteiger partial charge in [0.05, 0.1) is 0 Å². The van der Waals surface area contributed by atoms with Crippen molar-refractivity contribution < 1.29 is 4.39 Å². The van der Waals surface area contributed by atoms with Crippen LogP contribution in [0.15, 0.2) is 18.2 Å². The van der Waals surface area contributed by atoms with Gasteiger partial charge in [0.25, 0.3) is 0 Å². The van der Waals surface area contributed by atoms with Crippen LogP contribution in [0.5, 0.6) is 0 Å². The quantitative estimate of drug-likeness (QED) is 0.835. The predicted octanol–water partition coefficient (Wildman–Crippen LogP) is 3.37. The van der Waals surface area contributed by atoms with Gasteiger partial charge in [-0.1, -0.05) is 25.4 Å². The van der Waals surface area contributed by atoms with E-state index >= 15 is 0 Å². The van der Waals surface area contributed by atoms with E-state index in [0.29, 0.717) is 5.02 Å². The van der Waals surface area contributed by atoms with E-state index < -0.39 is 0 Å². The lowest BCUT2D eigenvalue weighted by Gasteiger charge is -2.26. The maximum Gasteiger partial charge on any atom is 0.123 e. The first-order valence-electron chi connectivity index (χ1n) is 5.07. The van der Waals surface area contributed by atoms with Crippen LogP contribution in [0.1, 0.15) is 25.8 Å². The summed E-state index contributed by atoms with van der Waals surface area (Å²) in [5.41, 5.74) is 0.766. The van der Waals surface area contributed by atoms with Crippen molar-refractivity contribution in [2.75, 3.05) is 13.6 Å². The molecule has 1 rings (SSSR count). The summed E-state index contributed by atoms with van der Waals surface area (Å²) in [7, 11) is 1.91. The fraction of sp³-hybridized carbons (Fsp3) is 0.500. The third-order valence-electron chi connectivity index (χ3n) is 2.66. The van der Waals surface area contributed by atoms with Gasteiger partial charge in [-0.2, -0.15) is 0 Å². The topological polar surface area (TPSA) is 12.0 Å². The fourth-order valence-corrected chi connectivity index (χ4v) is 1.96. The Kier molecular flexibility index (Phi) is 4.12. The predicted molar refractivity (Wildman–Crippen MR) is 63.0 cm³/mol. The zero-order valence-corrected chi connectivity index (χ0v) is 10.2. The summed E-state index contributed by atoms with van der Waals surface area (Å²) in [6.07, 6.45) is 0.923. The molecule has 84 valence electrons. The molecule has 1 nitrogen and oxygen atoms in total. The second-order valence-electron chi connectivity index (χ2n) is 4.36. The molecule has 0 atom stereocenters. The van der Waals surface area contributed by atoms with Crippen molar-refractivity contribution >= 4 is 11.6 Å². The number of halogens is 2. The van der Waals surface area contributed by atoms with E-state index in [0.717, 1.165) is 18.5 Å². The molecule has 3 heteroatoms. The molecule has 15 heavy (non-hydrogen) atoms. The minimum absolute atomic E-state index is 0.109. The van der Waals surface area contributed by atoms with Crippen LogP contribution in [0, 0.1) is 5.82 Å². The van der Waals surface area contributed by atoms with Gasteiger partial charge in [0.15, 0.2) is 0 Å². The number of rotatable bonds is 4. The first-order chi connectivity index (χ1) is 6.97. The molecule has 0 aliphatic heterocycles. The highest BCUT2D eigenvalue weighted by Gasteiger charge is 2.23. The summed E-state index contributed by atoms with van der Waals surface area (Å²) in [5.74, 6) is -0.230. The Morgan fingerprint density at radius 3 is 2.67 bits per heavy atom. The summed E-state index contributed by atoms with van der Waals surface area (Å²) in [6, 6.07) is 4.53. The smallest absolute Gasteiger partial charge is 0.123 e. The molecule has 0 heterocycles. The maximum absolute atomic E-state index is 13.1. The summed E-state index contributed by atoms with van der Waals surface area (Å²) in [6.45, 7) is 5.04. The van der Waals surface area contributed by atoms with Gasteiger partial charge in [0.1, 0.15) is 5.82 Å². The molecule has 0 aliphatic carbocycles. The van der Waals surface area contributed by atoms with Crippen molar-refractivity contribution in [2.24, 2.45) is 0 Å². The van der Waals surface area contributed by atoms with E-state index in [1.165, 1.54) is 12.1 Å². The third-order valence-corrected chi connectivity index (χ3v) is 2.99. The second kappa shape index (κ2) is 4.95. The molecule has 0 saturated carbocycles. The van der Waals surface area contributed by atoms with Crippen LogP contribution >= 0.6 is 11.6 Å². The monoisotopic (exact) mass is 229 g/mol. The van der Waals surface area contributed by atoms with E-state index in [4.69, 9.17) is 11.6 Å². The molecule has 0 radical (unpaired) electrons. The van der Waals surface area contributed by atoms with Crippen LogP contribution in [0.4, 0.5) is 4.39 Å². The van der Waals surface area contributed by atoms with Crippen molar-refractivity contribution in [3.63, 3.8) is 0 Å². The first kappa shape index (κ1) is 12.5. The van der Waals surface area contributed by atoms with Crippen LogP contribution in [-0.2, 0) is 5.41 Å². The Balaban J connectivity index is 2.97. The zero-order chi connectivity index (χ0) is 11.5. The van der Waals surface area contributed by atoms with Crippen LogP contribution in [0.25, 0.3) is 0 Å². The van der Waals surface area contributed by atoms with E-state index in [9.17, 15) is 4.39 Å². The van der Waals surface area contributed by atoms with Gasteiger partial charge >= 0.3 is 0 Å². The van der Waals surface area contributed by atoms with Gasteiger partial charge in [-0.3, -0.25) is 0 Å². The minimum Gasteiger partial charge on any atom is -0.320 e. The Hall–Kier alpha value is -0.600. The average molecular weight is 230 g/mol. The second-order valence-corrected chi connectivity index (χ2v) is 4.77. The molecule has 0 fully saturated rings. The zero-order valence-electron chi connectivity index (χ0n) is 9.40. The van der Waals surface area contributed by atoms with Crippen molar-refractivity contribution in [1.29, 1.82) is 0 Å². The van der Waals surface area contributed by atoms with Crippen molar-refractivity contribution in [2.45, 2.75) is 25.7 Å². The number of nitrogens with one attached hydrogen (secondary N) is 1. The molecule has 0 aliphatic rings. The lowest BCUT2D eigenvalue weighted by Crippen LogP contribution is -2.24. The molecular formula is C12H17ClFN. The number of benzene rings is 1. The van der Waals surface area contributed by atoms with E-state index in [2.05, 4.69) is 19.2 Å². The lowest BCUT2D eigenvalue weighted by molar-refractivity contribution is 0.465. The molecule has 0 saturated heterocycles. The minimum atomic E-state index is -0.230. The Morgan fingerprint density at radius 2 is 2.07 bits per heavy atom. The highest BCUT2D eigenvalue weighted by Crippen LogP contribution is 2.32. The van der Waals surface area contributed by atoms with Crippen LogP contribution in [-0.4, -0.2) is 13.6 Å². The Bertz CT molecular complexity index is 336. The molecule has 0 aromatic heterocycles. The highest BCUT2D eigenvalue weighted by atomic mass is 35.5. The molecule has 0 amide bonds. The number of hydrogen-bond donors (Lipinski definition) is 1. The molecular weight excluding hydrogens is 213 g/mol. The first-order valence-corrected chi connectivity index (χ1v) is 5.45. The van der Waals surface area contributed by atoms with E-state index in [-0.39, 0.29) is 11.2 Å². The molecule has 1 N–H and O–H groups in total. The SMILES string of the molecule is CNCCC(C)(C)c1cc(F)ccc1Cl. The average Bonchev–Trinajstić information content (AvgIpc) is 2.18. The van der Waals surface area contributed by atoms with Gasteiger partial charge in [0, 0.05) is 5.02 Å². The summed E-state index contributed by atoms with van der Waals surface area (Å²) < 4.78 is 13.1. The third kappa shape index (κ3) is 3.18. The van der Waals surface area contributed by atoms with Gasteiger partial charge in [0.2, 0.25) is 0 Å². The molecule has 1 aromatic carbocycles. The fourth-order valence-electron chi connectivity index (χ4n) is 1.59. The maximum atomic E-state index is 13.1. The molecule has 0 spiro atoms. The van der Waals surface area contributed by atoms with Gasteiger partial charge < -0.3 is 5.32 Å². The van der Waals surface area contributed by atoms with Crippen LogP contribution in [0.2, 0.25) is 5.02 Å². The van der Waals surface area contributed by atoms with Crippen LogP contribution in [0.3, 0.4) is 0 Å². The van der Waals surface area contributed by atoms with E-state index in [1.807, 2.05) is 7.05 Å². The molecule has 0 unspecified atom stereocenters. The standard InChI is InChI=1S/C12H17ClFN/c1-12(2,6-7-15-3)10-8-9(14)4-5-11(10)13/h4-5,8,15H,6-7H2,1-3H3. The van der Waals surface area contributed by atoms with E-state index in [1.54, 1.807) is 6.07 Å². The lowest BCUT2D eigenvalue weighted by atomic mass is 9.81. The number of hydrogen-bond acceptors (Lipinski definition) is 1. The van der Waals surface area contributed by atoms with Gasteiger partial charge in [-0.15, -0.1) is 0 Å². The van der Waals surface area contributed by atoms with Crippen molar-refractivity contribution in [3.8, 4) is 0 Å². The Labute approximate surface area is 95.6 Å². The molecule has 0 bridgehead atoms. The normalized spacial score (nSPS) is 11.8. The highest BCUT2D eigenvalue weighted by molar-refractivity contribution is 6.31. The van der Waals surface area contributed by atoms with Gasteiger partial charge in [-0.25, -0.2) is 4.39 Å². The largest absolute Gasteiger partial charge is 0.320 e. The van der Waals surface area contributed by atoms with Crippen LogP contribution < -0.4 is 5.32 Å². The summed E-state index contributed by atoms with van der Waals surface area (Å²) in [4.78, 5) is 0. The summed E-state index contributed by atoms with van der Waals surface area (Å²) >= 11 is 6.07.